The summed E-state index contributed by atoms with van der Waals surface area (Å²) in [7, 11) is 1.61. The van der Waals surface area contributed by atoms with Gasteiger partial charge in [-0.05, 0) is 48.7 Å². The molecule has 2 aromatic rings. The Kier molecular flexibility index (Phi) is 4.41. The molecule has 3 heteroatoms. The lowest BCUT2D eigenvalue weighted by molar-refractivity contribution is 0.102. The number of carbonyl (C=O) groups excluding carboxylic acids is 1. The van der Waals surface area contributed by atoms with Crippen LogP contribution in [0.25, 0.3) is 0 Å². The summed E-state index contributed by atoms with van der Waals surface area (Å²) in [5.74, 6) is 0.594. The summed E-state index contributed by atoms with van der Waals surface area (Å²) in [6, 6.07) is 13.3. The molecule has 0 radical (unpaired) electrons. The lowest BCUT2D eigenvalue weighted by atomic mass is 10.1. The molecule has 2 aromatic carbocycles. The van der Waals surface area contributed by atoms with E-state index in [4.69, 9.17) is 4.74 Å². The average molecular weight is 269 g/mol. The summed E-state index contributed by atoms with van der Waals surface area (Å²) >= 11 is 0. The van der Waals surface area contributed by atoms with Crippen LogP contribution in [0, 0.1) is 6.92 Å². The van der Waals surface area contributed by atoms with Gasteiger partial charge in [0, 0.05) is 11.3 Å². The first kappa shape index (κ1) is 14.1. The van der Waals surface area contributed by atoms with Crippen LogP contribution in [0.5, 0.6) is 5.75 Å². The van der Waals surface area contributed by atoms with Gasteiger partial charge in [0.1, 0.15) is 5.75 Å². The maximum absolute atomic E-state index is 12.2. The molecule has 0 atom stereocenters. The molecule has 104 valence electrons. The SMILES string of the molecule is CCc1cccc(NC(=O)c2ccc(C)c(OC)c2)c1. The van der Waals surface area contributed by atoms with Crippen molar-refractivity contribution in [1.29, 1.82) is 0 Å². The third-order valence-corrected chi connectivity index (χ3v) is 3.26. The molecular weight excluding hydrogens is 250 g/mol. The average Bonchev–Trinajstić information content (AvgIpc) is 2.47. The van der Waals surface area contributed by atoms with Crippen LogP contribution < -0.4 is 10.1 Å². The number of hydrogen-bond donors (Lipinski definition) is 1. The van der Waals surface area contributed by atoms with Gasteiger partial charge in [-0.15, -0.1) is 0 Å². The highest BCUT2D eigenvalue weighted by molar-refractivity contribution is 6.04. The zero-order valence-electron chi connectivity index (χ0n) is 12.1. The lowest BCUT2D eigenvalue weighted by Gasteiger charge is -2.09. The molecule has 0 aliphatic rings. The molecule has 1 amide bonds. The van der Waals surface area contributed by atoms with E-state index in [9.17, 15) is 4.79 Å². The van der Waals surface area contributed by atoms with Gasteiger partial charge in [-0.1, -0.05) is 25.1 Å². The monoisotopic (exact) mass is 269 g/mol. The van der Waals surface area contributed by atoms with Crippen LogP contribution >= 0.6 is 0 Å². The van der Waals surface area contributed by atoms with Crippen molar-refractivity contribution in [3.05, 3.63) is 59.2 Å². The van der Waals surface area contributed by atoms with Crippen molar-refractivity contribution < 1.29 is 9.53 Å². The lowest BCUT2D eigenvalue weighted by Crippen LogP contribution is -2.12. The van der Waals surface area contributed by atoms with Gasteiger partial charge >= 0.3 is 0 Å². The number of benzene rings is 2. The third kappa shape index (κ3) is 3.18. The van der Waals surface area contributed by atoms with Crippen molar-refractivity contribution in [1.82, 2.24) is 0 Å². The van der Waals surface area contributed by atoms with Crippen molar-refractivity contribution in [2.75, 3.05) is 12.4 Å². The Labute approximate surface area is 119 Å². The molecule has 0 aromatic heterocycles. The van der Waals surface area contributed by atoms with E-state index >= 15 is 0 Å². The van der Waals surface area contributed by atoms with E-state index in [1.807, 2.05) is 37.3 Å². The van der Waals surface area contributed by atoms with Crippen LogP contribution in [0.15, 0.2) is 42.5 Å². The second kappa shape index (κ2) is 6.24. The molecule has 0 unspecified atom stereocenters. The van der Waals surface area contributed by atoms with Crippen molar-refractivity contribution in [2.45, 2.75) is 20.3 Å². The minimum atomic E-state index is -0.128. The maximum atomic E-state index is 12.2. The summed E-state index contributed by atoms with van der Waals surface area (Å²) in [5, 5.41) is 2.91. The smallest absolute Gasteiger partial charge is 0.255 e. The van der Waals surface area contributed by atoms with Crippen LogP contribution in [-0.2, 0) is 6.42 Å². The number of carbonyl (C=O) groups is 1. The van der Waals surface area contributed by atoms with Gasteiger partial charge < -0.3 is 10.1 Å². The molecule has 0 saturated carbocycles. The molecule has 0 aliphatic heterocycles. The largest absolute Gasteiger partial charge is 0.496 e. The highest BCUT2D eigenvalue weighted by Crippen LogP contribution is 2.20. The second-order valence-corrected chi connectivity index (χ2v) is 4.69. The van der Waals surface area contributed by atoms with E-state index < -0.39 is 0 Å². The van der Waals surface area contributed by atoms with Crippen molar-refractivity contribution in [2.24, 2.45) is 0 Å². The first-order valence-corrected chi connectivity index (χ1v) is 6.69. The predicted molar refractivity (Wildman–Crippen MR) is 81.5 cm³/mol. The minimum absolute atomic E-state index is 0.128. The standard InChI is InChI=1S/C17H19NO2/c1-4-13-6-5-7-15(10-13)18-17(19)14-9-8-12(2)16(11-14)20-3/h5-11H,4H2,1-3H3,(H,18,19). The molecule has 2 rings (SSSR count). The van der Waals surface area contributed by atoms with Crippen LogP contribution in [-0.4, -0.2) is 13.0 Å². The zero-order chi connectivity index (χ0) is 14.5. The van der Waals surface area contributed by atoms with Gasteiger partial charge in [-0.25, -0.2) is 0 Å². The Morgan fingerprint density at radius 2 is 2.00 bits per heavy atom. The summed E-state index contributed by atoms with van der Waals surface area (Å²) < 4.78 is 5.24. The number of anilines is 1. The fourth-order valence-electron chi connectivity index (χ4n) is 2.03. The third-order valence-electron chi connectivity index (χ3n) is 3.26. The van der Waals surface area contributed by atoms with Crippen LogP contribution in [0.1, 0.15) is 28.4 Å². The fourth-order valence-corrected chi connectivity index (χ4v) is 2.03. The normalized spacial score (nSPS) is 10.2. The predicted octanol–water partition coefficient (Wildman–Crippen LogP) is 3.82. The van der Waals surface area contributed by atoms with Crippen molar-refractivity contribution in [3.63, 3.8) is 0 Å². The maximum Gasteiger partial charge on any atom is 0.255 e. The number of nitrogens with one attached hydrogen (secondary N) is 1. The van der Waals surface area contributed by atoms with Crippen LogP contribution in [0.3, 0.4) is 0 Å². The minimum Gasteiger partial charge on any atom is -0.496 e. The Morgan fingerprint density at radius 1 is 1.20 bits per heavy atom. The zero-order valence-corrected chi connectivity index (χ0v) is 12.1. The summed E-state index contributed by atoms with van der Waals surface area (Å²) in [4.78, 5) is 12.2. The first-order valence-electron chi connectivity index (χ1n) is 6.69. The Hall–Kier alpha value is -2.29. The number of rotatable bonds is 4. The number of ether oxygens (including phenoxy) is 1. The molecular formula is C17H19NO2. The molecule has 0 bridgehead atoms. The highest BCUT2D eigenvalue weighted by Gasteiger charge is 2.09. The van der Waals surface area contributed by atoms with E-state index in [0.29, 0.717) is 5.56 Å². The number of aryl methyl sites for hydroxylation is 2. The van der Waals surface area contributed by atoms with E-state index in [1.165, 1.54) is 5.56 Å². The molecule has 0 heterocycles. The van der Waals surface area contributed by atoms with E-state index in [-0.39, 0.29) is 5.91 Å². The van der Waals surface area contributed by atoms with Crippen molar-refractivity contribution >= 4 is 11.6 Å². The summed E-state index contributed by atoms with van der Waals surface area (Å²) in [5.41, 5.74) is 3.62. The van der Waals surface area contributed by atoms with Gasteiger partial charge in [0.05, 0.1) is 7.11 Å². The van der Waals surface area contributed by atoms with Gasteiger partial charge in [0.15, 0.2) is 0 Å². The molecule has 0 spiro atoms. The van der Waals surface area contributed by atoms with Gasteiger partial charge in [-0.3, -0.25) is 4.79 Å². The number of amides is 1. The summed E-state index contributed by atoms with van der Waals surface area (Å²) in [6.45, 7) is 4.04. The Morgan fingerprint density at radius 3 is 2.70 bits per heavy atom. The van der Waals surface area contributed by atoms with Gasteiger partial charge in [-0.2, -0.15) is 0 Å². The molecule has 0 saturated heterocycles. The highest BCUT2D eigenvalue weighted by atomic mass is 16.5. The van der Waals surface area contributed by atoms with Crippen LogP contribution in [0.4, 0.5) is 5.69 Å². The molecule has 20 heavy (non-hydrogen) atoms. The first-order chi connectivity index (χ1) is 9.63. The summed E-state index contributed by atoms with van der Waals surface area (Å²) in [6.07, 6.45) is 0.946. The topological polar surface area (TPSA) is 38.3 Å². The molecule has 0 aliphatic carbocycles. The van der Waals surface area contributed by atoms with Crippen molar-refractivity contribution in [3.8, 4) is 5.75 Å². The molecule has 0 fully saturated rings. The molecule has 3 nitrogen and oxygen atoms in total. The van der Waals surface area contributed by atoms with Crippen LogP contribution in [0.2, 0.25) is 0 Å². The van der Waals surface area contributed by atoms with E-state index in [0.717, 1.165) is 23.4 Å². The Bertz CT molecular complexity index is 620. The van der Waals surface area contributed by atoms with Gasteiger partial charge in [0.2, 0.25) is 0 Å². The number of hydrogen-bond acceptors (Lipinski definition) is 2. The second-order valence-electron chi connectivity index (χ2n) is 4.69. The quantitative estimate of drug-likeness (QED) is 0.916. The van der Waals surface area contributed by atoms with Gasteiger partial charge in [0.25, 0.3) is 5.91 Å². The number of methoxy groups -OCH3 is 1. The fraction of sp³-hybridized carbons (Fsp3) is 0.235. The molecule has 1 N–H and O–H groups in total. The van der Waals surface area contributed by atoms with E-state index in [1.54, 1.807) is 19.2 Å². The Balaban J connectivity index is 2.19. The van der Waals surface area contributed by atoms with E-state index in [2.05, 4.69) is 12.2 Å².